The van der Waals surface area contributed by atoms with Crippen molar-refractivity contribution in [1.82, 2.24) is 5.32 Å². The molecule has 0 spiro atoms. The van der Waals surface area contributed by atoms with Crippen molar-refractivity contribution in [2.75, 3.05) is 7.05 Å². The molecule has 0 aliphatic heterocycles. The summed E-state index contributed by atoms with van der Waals surface area (Å²) in [6.45, 7) is 2.02. The van der Waals surface area contributed by atoms with Crippen molar-refractivity contribution in [2.24, 2.45) is 0 Å². The van der Waals surface area contributed by atoms with E-state index < -0.39 is 6.36 Å². The topological polar surface area (TPSA) is 21.3 Å². The fourth-order valence-electron chi connectivity index (χ4n) is 2.00. The van der Waals surface area contributed by atoms with Crippen molar-refractivity contribution in [2.45, 2.75) is 19.3 Å². The van der Waals surface area contributed by atoms with E-state index in [1.54, 1.807) is 23.5 Å². The first-order chi connectivity index (χ1) is 9.39. The van der Waals surface area contributed by atoms with E-state index in [1.165, 1.54) is 17.0 Å². The van der Waals surface area contributed by atoms with Crippen LogP contribution in [0.15, 0.2) is 35.7 Å². The summed E-state index contributed by atoms with van der Waals surface area (Å²) in [4.78, 5) is 1.19. The van der Waals surface area contributed by atoms with E-state index in [9.17, 15) is 13.2 Å². The van der Waals surface area contributed by atoms with Crippen molar-refractivity contribution in [1.29, 1.82) is 0 Å². The van der Waals surface area contributed by atoms with Crippen LogP contribution >= 0.6 is 11.3 Å². The molecular weight excluding hydrogens is 287 g/mol. The molecule has 6 heteroatoms. The Morgan fingerprint density at radius 2 is 1.80 bits per heavy atom. The maximum Gasteiger partial charge on any atom is 0.573 e. The number of rotatable bonds is 4. The molecule has 2 nitrogen and oxygen atoms in total. The summed E-state index contributed by atoms with van der Waals surface area (Å²) in [6, 6.07) is 7.94. The summed E-state index contributed by atoms with van der Waals surface area (Å²) in [5.74, 6) is -0.211. The molecule has 2 rings (SSSR count). The fourth-order valence-corrected chi connectivity index (χ4v) is 2.73. The van der Waals surface area contributed by atoms with Gasteiger partial charge in [0.1, 0.15) is 5.75 Å². The predicted molar refractivity (Wildman–Crippen MR) is 73.1 cm³/mol. The molecule has 1 atom stereocenters. The van der Waals surface area contributed by atoms with E-state index in [-0.39, 0.29) is 11.8 Å². The van der Waals surface area contributed by atoms with E-state index in [2.05, 4.69) is 16.1 Å². The second kappa shape index (κ2) is 5.85. The molecule has 2 aromatic rings. The SMILES string of the molecule is CNC(c1ccc(OC(F)(F)F)cc1)c1csc(C)c1. The molecule has 1 aromatic carbocycles. The molecule has 1 unspecified atom stereocenters. The molecule has 0 saturated heterocycles. The molecule has 0 amide bonds. The monoisotopic (exact) mass is 301 g/mol. The van der Waals surface area contributed by atoms with Gasteiger partial charge >= 0.3 is 6.36 Å². The van der Waals surface area contributed by atoms with E-state index in [0.717, 1.165) is 11.1 Å². The van der Waals surface area contributed by atoms with Crippen LogP contribution in [0.5, 0.6) is 5.75 Å². The standard InChI is InChI=1S/C14H14F3NOS/c1-9-7-11(8-20-9)13(18-2)10-3-5-12(6-4-10)19-14(15,16)17/h3-8,13,18H,1-2H3. The van der Waals surface area contributed by atoms with Gasteiger partial charge in [0, 0.05) is 4.88 Å². The maximum absolute atomic E-state index is 12.1. The lowest BCUT2D eigenvalue weighted by Crippen LogP contribution is -2.18. The summed E-state index contributed by atoms with van der Waals surface area (Å²) in [7, 11) is 1.82. The van der Waals surface area contributed by atoms with Crippen LogP contribution in [0.4, 0.5) is 13.2 Å². The first-order valence-electron chi connectivity index (χ1n) is 5.97. The number of alkyl halides is 3. The molecule has 1 heterocycles. The van der Waals surface area contributed by atoms with Crippen molar-refractivity contribution in [3.05, 3.63) is 51.7 Å². The summed E-state index contributed by atoms with van der Waals surface area (Å²) in [5.41, 5.74) is 1.99. The van der Waals surface area contributed by atoms with Gasteiger partial charge in [-0.05, 0) is 48.7 Å². The lowest BCUT2D eigenvalue weighted by molar-refractivity contribution is -0.274. The molecule has 1 aromatic heterocycles. The number of halogens is 3. The summed E-state index contributed by atoms with van der Waals surface area (Å²) in [5, 5.41) is 5.20. The highest BCUT2D eigenvalue weighted by Crippen LogP contribution is 2.28. The third kappa shape index (κ3) is 3.74. The van der Waals surface area contributed by atoms with Crippen LogP contribution in [0.3, 0.4) is 0 Å². The lowest BCUT2D eigenvalue weighted by atomic mass is 10.0. The highest BCUT2D eigenvalue weighted by atomic mass is 32.1. The molecule has 0 bridgehead atoms. The molecule has 0 saturated carbocycles. The third-order valence-corrected chi connectivity index (χ3v) is 3.70. The largest absolute Gasteiger partial charge is 0.573 e. The zero-order valence-corrected chi connectivity index (χ0v) is 11.8. The zero-order valence-electron chi connectivity index (χ0n) is 11.0. The molecule has 0 fully saturated rings. The zero-order chi connectivity index (χ0) is 14.8. The number of aryl methyl sites for hydroxylation is 1. The molecule has 0 aliphatic carbocycles. The predicted octanol–water partition coefficient (Wildman–Crippen LogP) is 4.26. The smallest absolute Gasteiger partial charge is 0.406 e. The summed E-state index contributed by atoms with van der Waals surface area (Å²) < 4.78 is 40.2. The molecule has 20 heavy (non-hydrogen) atoms. The van der Waals surface area contributed by atoms with Gasteiger partial charge in [-0.3, -0.25) is 0 Å². The second-order valence-electron chi connectivity index (χ2n) is 4.33. The van der Waals surface area contributed by atoms with E-state index in [0.29, 0.717) is 0 Å². The minimum Gasteiger partial charge on any atom is -0.406 e. The fraction of sp³-hybridized carbons (Fsp3) is 0.286. The van der Waals surface area contributed by atoms with Crippen LogP contribution in [-0.2, 0) is 0 Å². The quantitative estimate of drug-likeness (QED) is 0.911. The minimum absolute atomic E-state index is 0.0418. The van der Waals surface area contributed by atoms with Crippen molar-refractivity contribution in [3.63, 3.8) is 0 Å². The van der Waals surface area contributed by atoms with E-state index in [1.807, 2.05) is 19.4 Å². The molecule has 0 aliphatic rings. The van der Waals surface area contributed by atoms with Crippen molar-refractivity contribution in [3.8, 4) is 5.75 Å². The summed E-state index contributed by atoms with van der Waals surface area (Å²) >= 11 is 1.64. The van der Waals surface area contributed by atoms with Crippen molar-refractivity contribution < 1.29 is 17.9 Å². The van der Waals surface area contributed by atoms with Gasteiger partial charge in [0.2, 0.25) is 0 Å². The third-order valence-electron chi connectivity index (χ3n) is 2.82. The first kappa shape index (κ1) is 14.9. The second-order valence-corrected chi connectivity index (χ2v) is 5.44. The van der Waals surface area contributed by atoms with Crippen LogP contribution in [-0.4, -0.2) is 13.4 Å². The Labute approximate surface area is 119 Å². The van der Waals surface area contributed by atoms with Gasteiger partial charge in [0.05, 0.1) is 6.04 Å². The summed E-state index contributed by atoms with van der Waals surface area (Å²) in [6.07, 6.45) is -4.66. The van der Waals surface area contributed by atoms with Gasteiger partial charge in [-0.25, -0.2) is 0 Å². The average Bonchev–Trinajstić information content (AvgIpc) is 2.77. The van der Waals surface area contributed by atoms with Crippen LogP contribution in [0, 0.1) is 6.92 Å². The molecule has 0 radical (unpaired) electrons. The minimum atomic E-state index is -4.66. The Morgan fingerprint density at radius 1 is 1.15 bits per heavy atom. The molecule has 108 valence electrons. The highest BCUT2D eigenvalue weighted by Gasteiger charge is 2.31. The van der Waals surface area contributed by atoms with Crippen LogP contribution in [0.2, 0.25) is 0 Å². The molecule has 1 N–H and O–H groups in total. The Bertz CT molecular complexity index is 563. The Kier molecular flexibility index (Phi) is 4.35. The Balaban J connectivity index is 2.19. The number of nitrogens with one attached hydrogen (secondary N) is 1. The number of ether oxygens (including phenoxy) is 1. The average molecular weight is 301 g/mol. The van der Waals surface area contributed by atoms with Crippen LogP contribution < -0.4 is 10.1 Å². The van der Waals surface area contributed by atoms with Crippen LogP contribution in [0.1, 0.15) is 22.0 Å². The Morgan fingerprint density at radius 3 is 2.25 bits per heavy atom. The number of hydrogen-bond donors (Lipinski definition) is 1. The van der Waals surface area contributed by atoms with Gasteiger partial charge in [0.25, 0.3) is 0 Å². The van der Waals surface area contributed by atoms with E-state index >= 15 is 0 Å². The lowest BCUT2D eigenvalue weighted by Gasteiger charge is -2.16. The van der Waals surface area contributed by atoms with E-state index in [4.69, 9.17) is 0 Å². The van der Waals surface area contributed by atoms with Gasteiger partial charge in [-0.1, -0.05) is 12.1 Å². The van der Waals surface area contributed by atoms with Crippen LogP contribution in [0.25, 0.3) is 0 Å². The van der Waals surface area contributed by atoms with Gasteiger partial charge in [-0.2, -0.15) is 0 Å². The van der Waals surface area contributed by atoms with Gasteiger partial charge in [-0.15, -0.1) is 24.5 Å². The maximum atomic E-state index is 12.1. The normalized spacial score (nSPS) is 13.2. The molecular formula is C14H14F3NOS. The van der Waals surface area contributed by atoms with Gasteiger partial charge in [0.15, 0.2) is 0 Å². The Hall–Kier alpha value is -1.53. The number of benzene rings is 1. The number of thiophene rings is 1. The first-order valence-corrected chi connectivity index (χ1v) is 6.85. The van der Waals surface area contributed by atoms with Gasteiger partial charge < -0.3 is 10.1 Å². The number of hydrogen-bond acceptors (Lipinski definition) is 3. The highest BCUT2D eigenvalue weighted by molar-refractivity contribution is 7.10. The van der Waals surface area contributed by atoms with Crippen molar-refractivity contribution >= 4 is 11.3 Å².